The van der Waals surface area contributed by atoms with Crippen LogP contribution in [0.3, 0.4) is 0 Å². The molecule has 2 aliphatic rings. The third-order valence-electron chi connectivity index (χ3n) is 4.96. The highest BCUT2D eigenvalue weighted by Gasteiger charge is 2.47. The van der Waals surface area contributed by atoms with E-state index in [-0.39, 0.29) is 11.5 Å². The number of hydrogen-bond donors (Lipinski definition) is 2. The number of methoxy groups -OCH3 is 2. The Bertz CT molecular complexity index is 683. The van der Waals surface area contributed by atoms with Crippen LogP contribution < -0.4 is 11.1 Å². The first-order valence-corrected chi connectivity index (χ1v) is 8.18. The van der Waals surface area contributed by atoms with Gasteiger partial charge in [-0.3, -0.25) is 4.79 Å². The zero-order valence-electron chi connectivity index (χ0n) is 14.1. The van der Waals surface area contributed by atoms with Gasteiger partial charge in [0.15, 0.2) is 0 Å². The largest absolute Gasteiger partial charge is 0.468 e. The fourth-order valence-corrected chi connectivity index (χ4v) is 3.85. The first-order chi connectivity index (χ1) is 11.6. The van der Waals surface area contributed by atoms with Gasteiger partial charge in [0.25, 0.3) is 0 Å². The molecule has 24 heavy (non-hydrogen) atoms. The van der Waals surface area contributed by atoms with E-state index >= 15 is 0 Å². The topological polar surface area (TPSA) is 73.6 Å². The molecule has 1 aromatic carbocycles. The van der Waals surface area contributed by atoms with E-state index in [0.29, 0.717) is 13.2 Å². The molecule has 2 aliphatic carbocycles. The monoisotopic (exact) mass is 328 g/mol. The number of ether oxygens (including phenoxy) is 2. The SMILES string of the molecule is COCC1C2=CC=CCC2(NCC(N)C(=O)OC)c2ccccc21. The fraction of sp³-hybridized carbons (Fsp3) is 0.421. The molecule has 0 spiro atoms. The second kappa shape index (κ2) is 6.89. The van der Waals surface area contributed by atoms with Gasteiger partial charge in [0.2, 0.25) is 0 Å². The summed E-state index contributed by atoms with van der Waals surface area (Å²) in [6.07, 6.45) is 7.21. The average molecular weight is 328 g/mol. The number of fused-ring (bicyclic) bond motifs is 3. The first kappa shape index (κ1) is 16.9. The molecule has 3 N–H and O–H groups in total. The Morgan fingerprint density at radius 3 is 2.96 bits per heavy atom. The van der Waals surface area contributed by atoms with E-state index in [1.54, 1.807) is 7.11 Å². The van der Waals surface area contributed by atoms with E-state index < -0.39 is 12.0 Å². The summed E-state index contributed by atoms with van der Waals surface area (Å²) in [6.45, 7) is 0.981. The Kier molecular flexibility index (Phi) is 4.85. The van der Waals surface area contributed by atoms with E-state index in [9.17, 15) is 4.79 Å². The third-order valence-corrected chi connectivity index (χ3v) is 4.96. The Hall–Kier alpha value is -1.95. The van der Waals surface area contributed by atoms with Gasteiger partial charge < -0.3 is 20.5 Å². The van der Waals surface area contributed by atoms with Gasteiger partial charge in [-0.1, -0.05) is 42.5 Å². The van der Waals surface area contributed by atoms with E-state index in [1.165, 1.54) is 23.8 Å². The number of benzene rings is 1. The van der Waals surface area contributed by atoms with Gasteiger partial charge in [-0.15, -0.1) is 0 Å². The number of nitrogens with one attached hydrogen (secondary N) is 1. The second-order valence-electron chi connectivity index (χ2n) is 6.27. The summed E-state index contributed by atoms with van der Waals surface area (Å²) < 4.78 is 10.2. The molecule has 0 heterocycles. The minimum absolute atomic E-state index is 0.206. The molecule has 0 radical (unpaired) electrons. The van der Waals surface area contributed by atoms with Crippen LogP contribution in [-0.4, -0.2) is 39.4 Å². The van der Waals surface area contributed by atoms with Crippen LogP contribution in [0, 0.1) is 0 Å². The first-order valence-electron chi connectivity index (χ1n) is 8.18. The molecule has 0 amide bonds. The predicted molar refractivity (Wildman–Crippen MR) is 92.6 cm³/mol. The predicted octanol–water partition coefficient (Wildman–Crippen LogP) is 1.60. The van der Waals surface area contributed by atoms with Crippen LogP contribution in [0.1, 0.15) is 23.5 Å². The fourth-order valence-electron chi connectivity index (χ4n) is 3.85. The van der Waals surface area contributed by atoms with Crippen molar-refractivity contribution in [2.45, 2.75) is 23.9 Å². The summed E-state index contributed by atoms with van der Waals surface area (Å²) in [4.78, 5) is 11.7. The van der Waals surface area contributed by atoms with Crippen LogP contribution in [0.2, 0.25) is 0 Å². The minimum atomic E-state index is -0.690. The lowest BCUT2D eigenvalue weighted by Crippen LogP contribution is -2.50. The van der Waals surface area contributed by atoms with Gasteiger partial charge in [-0.25, -0.2) is 0 Å². The molecule has 3 unspecified atom stereocenters. The minimum Gasteiger partial charge on any atom is -0.468 e. The third kappa shape index (κ3) is 2.69. The van der Waals surface area contributed by atoms with Gasteiger partial charge in [-0.05, 0) is 23.1 Å². The van der Waals surface area contributed by atoms with Crippen LogP contribution in [-0.2, 0) is 19.8 Å². The summed E-state index contributed by atoms with van der Waals surface area (Å²) in [7, 11) is 3.08. The molecular formula is C19H24N2O3. The van der Waals surface area contributed by atoms with Crippen LogP contribution in [0.15, 0.2) is 48.1 Å². The number of carbonyl (C=O) groups excluding carboxylic acids is 1. The molecular weight excluding hydrogens is 304 g/mol. The highest BCUT2D eigenvalue weighted by molar-refractivity contribution is 5.75. The zero-order chi connectivity index (χ0) is 17.2. The van der Waals surface area contributed by atoms with E-state index in [1.807, 2.05) is 6.07 Å². The van der Waals surface area contributed by atoms with Gasteiger partial charge >= 0.3 is 5.97 Å². The molecule has 0 aliphatic heterocycles. The molecule has 128 valence electrons. The van der Waals surface area contributed by atoms with Crippen molar-refractivity contribution in [1.29, 1.82) is 0 Å². The molecule has 0 bridgehead atoms. The molecule has 1 aromatic rings. The molecule has 3 rings (SSSR count). The molecule has 0 saturated heterocycles. The molecule has 5 nitrogen and oxygen atoms in total. The number of esters is 1. The summed E-state index contributed by atoms with van der Waals surface area (Å²) in [6, 6.07) is 7.72. The van der Waals surface area contributed by atoms with Crippen molar-refractivity contribution in [3.05, 3.63) is 59.2 Å². The summed E-state index contributed by atoms with van der Waals surface area (Å²) >= 11 is 0. The molecule has 3 atom stereocenters. The zero-order valence-corrected chi connectivity index (χ0v) is 14.1. The summed E-state index contributed by atoms with van der Waals surface area (Å²) in [5, 5.41) is 3.56. The van der Waals surface area contributed by atoms with Gasteiger partial charge in [-0.2, -0.15) is 0 Å². The normalized spacial score (nSPS) is 25.6. The van der Waals surface area contributed by atoms with Crippen LogP contribution in [0.5, 0.6) is 0 Å². The molecule has 0 aromatic heterocycles. The van der Waals surface area contributed by atoms with Crippen LogP contribution in [0.25, 0.3) is 0 Å². The maximum absolute atomic E-state index is 11.7. The smallest absolute Gasteiger partial charge is 0.323 e. The van der Waals surface area contributed by atoms with Crippen molar-refractivity contribution < 1.29 is 14.3 Å². The number of nitrogens with two attached hydrogens (primary N) is 1. The molecule has 0 saturated carbocycles. The second-order valence-corrected chi connectivity index (χ2v) is 6.27. The summed E-state index contributed by atoms with van der Waals surface area (Å²) in [5.41, 5.74) is 9.38. The van der Waals surface area contributed by atoms with Crippen LogP contribution >= 0.6 is 0 Å². The Labute approximate surface area is 142 Å². The van der Waals surface area contributed by atoms with Crippen molar-refractivity contribution in [3.8, 4) is 0 Å². The Balaban J connectivity index is 1.96. The number of allylic oxidation sites excluding steroid dienone is 2. The maximum Gasteiger partial charge on any atom is 0.323 e. The Morgan fingerprint density at radius 2 is 2.21 bits per heavy atom. The average Bonchev–Trinajstić information content (AvgIpc) is 2.90. The summed E-state index contributed by atoms with van der Waals surface area (Å²) in [5.74, 6) is -0.200. The lowest BCUT2D eigenvalue weighted by Gasteiger charge is -2.36. The highest BCUT2D eigenvalue weighted by atomic mass is 16.5. The van der Waals surface area contributed by atoms with Crippen LogP contribution in [0.4, 0.5) is 0 Å². The lowest BCUT2D eigenvalue weighted by atomic mass is 9.80. The van der Waals surface area contributed by atoms with Gasteiger partial charge in [0.1, 0.15) is 6.04 Å². The van der Waals surface area contributed by atoms with E-state index in [4.69, 9.17) is 15.2 Å². The van der Waals surface area contributed by atoms with Crippen molar-refractivity contribution >= 4 is 5.97 Å². The molecule has 0 fully saturated rings. The van der Waals surface area contributed by atoms with E-state index in [0.717, 1.165) is 6.42 Å². The van der Waals surface area contributed by atoms with Crippen molar-refractivity contribution in [2.24, 2.45) is 5.73 Å². The standard InChI is InChI=1S/C19H24N2O3/c1-23-12-14-13-7-3-4-8-15(13)19(10-6-5-9-16(14)19)21-11-17(20)18(22)24-2/h3-9,14,17,21H,10-12,20H2,1-2H3. The maximum atomic E-state index is 11.7. The molecule has 5 heteroatoms. The highest BCUT2D eigenvalue weighted by Crippen LogP contribution is 2.52. The van der Waals surface area contributed by atoms with Crippen molar-refractivity contribution in [3.63, 3.8) is 0 Å². The number of rotatable bonds is 6. The van der Waals surface area contributed by atoms with E-state index in [2.05, 4.69) is 41.7 Å². The Morgan fingerprint density at radius 1 is 1.42 bits per heavy atom. The van der Waals surface area contributed by atoms with Gasteiger partial charge in [0.05, 0.1) is 19.3 Å². The number of carbonyl (C=O) groups is 1. The van der Waals surface area contributed by atoms with Crippen molar-refractivity contribution in [1.82, 2.24) is 5.32 Å². The lowest BCUT2D eigenvalue weighted by molar-refractivity contribution is -0.142. The quantitative estimate of drug-likeness (QED) is 0.776. The van der Waals surface area contributed by atoms with Gasteiger partial charge in [0, 0.05) is 19.6 Å². The van der Waals surface area contributed by atoms with Crippen molar-refractivity contribution in [2.75, 3.05) is 27.4 Å². The number of hydrogen-bond acceptors (Lipinski definition) is 5.